The molecule has 0 N–H and O–H groups in total. The molecule has 0 saturated carbocycles. The first-order chi connectivity index (χ1) is 7.90. The second-order valence-corrected chi connectivity index (χ2v) is 6.80. The van der Waals surface area contributed by atoms with Crippen LogP contribution in [0.1, 0.15) is 36.0 Å². The van der Waals surface area contributed by atoms with E-state index in [1.165, 1.54) is 11.3 Å². The van der Waals surface area contributed by atoms with E-state index in [1.807, 2.05) is 19.9 Å². The maximum atomic E-state index is 11.8. The molecule has 1 rings (SSSR count). The van der Waals surface area contributed by atoms with Gasteiger partial charge in [-0.15, -0.1) is 11.3 Å². The largest absolute Gasteiger partial charge is 0.466 e. The molecule has 0 bridgehead atoms. The third kappa shape index (κ3) is 3.64. The van der Waals surface area contributed by atoms with Gasteiger partial charge < -0.3 is 4.74 Å². The average molecular weight is 319 g/mol. The minimum absolute atomic E-state index is 0.237. The molecule has 0 fully saturated rings. The normalized spacial score (nSPS) is 11.3. The predicted molar refractivity (Wildman–Crippen MR) is 71.5 cm³/mol. The van der Waals surface area contributed by atoms with E-state index >= 15 is 0 Å². The fraction of sp³-hybridized carbons (Fsp3) is 0.500. The van der Waals surface area contributed by atoms with Gasteiger partial charge in [-0.1, -0.05) is 0 Å². The summed E-state index contributed by atoms with van der Waals surface area (Å²) in [5.41, 5.74) is 0.267. The van der Waals surface area contributed by atoms with Crippen LogP contribution in [-0.4, -0.2) is 18.9 Å². The van der Waals surface area contributed by atoms with Crippen LogP contribution >= 0.6 is 27.3 Å². The fourth-order valence-electron chi connectivity index (χ4n) is 1.52. The highest BCUT2D eigenvalue weighted by molar-refractivity contribution is 9.11. The Hall–Kier alpha value is -0.680. The molecule has 0 amide bonds. The lowest BCUT2D eigenvalue weighted by atomic mass is 9.86. The van der Waals surface area contributed by atoms with Crippen LogP contribution in [0.25, 0.3) is 0 Å². The van der Waals surface area contributed by atoms with Gasteiger partial charge in [-0.3, -0.25) is 9.59 Å². The smallest absolute Gasteiger partial charge is 0.311 e. The maximum absolute atomic E-state index is 11.8. The second kappa shape index (κ2) is 5.78. The first kappa shape index (κ1) is 14.4. The zero-order chi connectivity index (χ0) is 13.1. The van der Waals surface area contributed by atoms with Gasteiger partial charge in [0.2, 0.25) is 0 Å². The van der Waals surface area contributed by atoms with Crippen molar-refractivity contribution in [3.8, 4) is 0 Å². The van der Waals surface area contributed by atoms with E-state index in [4.69, 9.17) is 4.74 Å². The Kier molecular flexibility index (Phi) is 4.89. The van der Waals surface area contributed by atoms with Crippen molar-refractivity contribution in [2.24, 2.45) is 5.41 Å². The van der Waals surface area contributed by atoms with Gasteiger partial charge in [-0.05, 0) is 54.8 Å². The van der Waals surface area contributed by atoms with E-state index in [9.17, 15) is 9.59 Å². The van der Waals surface area contributed by atoms with Crippen molar-refractivity contribution in [1.82, 2.24) is 0 Å². The summed E-state index contributed by atoms with van der Waals surface area (Å²) >= 11 is 4.72. The molecule has 0 atom stereocenters. The molecular formula is C12H15BrO3S. The number of esters is 1. The van der Waals surface area contributed by atoms with Crippen molar-refractivity contribution in [2.75, 3.05) is 6.61 Å². The van der Waals surface area contributed by atoms with Gasteiger partial charge in [0.15, 0.2) is 6.29 Å². The molecule has 0 aliphatic rings. The zero-order valence-electron chi connectivity index (χ0n) is 10.1. The van der Waals surface area contributed by atoms with Gasteiger partial charge >= 0.3 is 5.97 Å². The van der Waals surface area contributed by atoms with Crippen molar-refractivity contribution >= 4 is 39.5 Å². The van der Waals surface area contributed by atoms with Crippen molar-refractivity contribution in [2.45, 2.75) is 27.2 Å². The van der Waals surface area contributed by atoms with Crippen LogP contribution in [-0.2, 0) is 16.0 Å². The summed E-state index contributed by atoms with van der Waals surface area (Å²) in [6.07, 6.45) is 1.33. The number of carbonyl (C=O) groups excluding carboxylic acids is 2. The van der Waals surface area contributed by atoms with Gasteiger partial charge in [0.25, 0.3) is 0 Å². The third-order valence-electron chi connectivity index (χ3n) is 2.38. The Balaban J connectivity index is 2.88. The number of aldehydes is 1. The number of carbonyl (C=O) groups is 2. The topological polar surface area (TPSA) is 43.4 Å². The molecule has 1 aromatic heterocycles. The van der Waals surface area contributed by atoms with E-state index in [1.54, 1.807) is 6.92 Å². The molecule has 17 heavy (non-hydrogen) atoms. The minimum atomic E-state index is -0.617. The van der Waals surface area contributed by atoms with Gasteiger partial charge in [0, 0.05) is 0 Å². The highest BCUT2D eigenvalue weighted by Crippen LogP contribution is 2.31. The summed E-state index contributed by atoms with van der Waals surface area (Å²) in [6, 6.07) is 1.88. The Morgan fingerprint density at radius 1 is 1.59 bits per heavy atom. The van der Waals surface area contributed by atoms with Crippen LogP contribution in [0.3, 0.4) is 0 Å². The fourth-order valence-corrected chi connectivity index (χ4v) is 3.04. The maximum Gasteiger partial charge on any atom is 0.311 e. The van der Waals surface area contributed by atoms with Crippen LogP contribution < -0.4 is 0 Å². The van der Waals surface area contributed by atoms with Crippen LogP contribution in [0.15, 0.2) is 9.85 Å². The summed E-state index contributed by atoms with van der Waals surface area (Å²) in [6.45, 7) is 5.80. The predicted octanol–water partition coefficient (Wildman–Crippen LogP) is 3.45. The molecule has 3 nitrogen and oxygen atoms in total. The molecule has 0 unspecified atom stereocenters. The van der Waals surface area contributed by atoms with Crippen LogP contribution in [0.4, 0.5) is 0 Å². The standard InChI is InChI=1S/C12H15BrO3S/c1-4-16-11(15)12(2,3)6-8-5-10(13)17-9(8)7-14/h5,7H,4,6H2,1-3H3. The van der Waals surface area contributed by atoms with Crippen molar-refractivity contribution in [3.63, 3.8) is 0 Å². The Bertz CT molecular complexity index is 423. The first-order valence-corrected chi connectivity index (χ1v) is 6.92. The summed E-state index contributed by atoms with van der Waals surface area (Å²) in [5, 5.41) is 0. The lowest BCUT2D eigenvalue weighted by Gasteiger charge is -2.21. The van der Waals surface area contributed by atoms with Crippen LogP contribution in [0, 0.1) is 5.41 Å². The molecule has 94 valence electrons. The Morgan fingerprint density at radius 2 is 2.24 bits per heavy atom. The molecule has 0 aliphatic carbocycles. The second-order valence-electron chi connectivity index (χ2n) is 4.34. The van der Waals surface area contributed by atoms with E-state index in [2.05, 4.69) is 15.9 Å². The molecule has 1 heterocycles. The number of thiophene rings is 1. The summed E-state index contributed by atoms with van der Waals surface area (Å²) in [4.78, 5) is 23.3. The monoisotopic (exact) mass is 318 g/mol. The van der Waals surface area contributed by atoms with Crippen LogP contribution in [0.2, 0.25) is 0 Å². The van der Waals surface area contributed by atoms with Gasteiger partial charge in [-0.2, -0.15) is 0 Å². The molecule has 0 aliphatic heterocycles. The zero-order valence-corrected chi connectivity index (χ0v) is 12.5. The van der Waals surface area contributed by atoms with Crippen molar-refractivity contribution in [3.05, 3.63) is 20.3 Å². The molecule has 0 radical (unpaired) electrons. The SMILES string of the molecule is CCOC(=O)C(C)(C)Cc1cc(Br)sc1C=O. The first-order valence-electron chi connectivity index (χ1n) is 5.31. The molecule has 0 spiro atoms. The van der Waals surface area contributed by atoms with Crippen molar-refractivity contribution in [1.29, 1.82) is 0 Å². The number of hydrogen-bond donors (Lipinski definition) is 0. The van der Waals surface area contributed by atoms with Gasteiger partial charge in [0.05, 0.1) is 20.7 Å². The number of ether oxygens (including phenoxy) is 1. The van der Waals surface area contributed by atoms with E-state index in [0.717, 1.165) is 15.6 Å². The molecule has 5 heteroatoms. The van der Waals surface area contributed by atoms with E-state index in [-0.39, 0.29) is 5.97 Å². The van der Waals surface area contributed by atoms with Gasteiger partial charge in [-0.25, -0.2) is 0 Å². The van der Waals surface area contributed by atoms with E-state index in [0.29, 0.717) is 17.9 Å². The van der Waals surface area contributed by atoms with Crippen LogP contribution in [0.5, 0.6) is 0 Å². The Labute approximate surface area is 113 Å². The van der Waals surface area contributed by atoms with E-state index < -0.39 is 5.41 Å². The molecular weight excluding hydrogens is 304 g/mol. The third-order valence-corrected chi connectivity index (χ3v) is 3.98. The number of rotatable bonds is 5. The number of halogens is 1. The highest BCUT2D eigenvalue weighted by Gasteiger charge is 2.30. The molecule has 0 saturated heterocycles. The minimum Gasteiger partial charge on any atom is -0.466 e. The average Bonchev–Trinajstić information content (AvgIpc) is 2.58. The number of hydrogen-bond acceptors (Lipinski definition) is 4. The highest BCUT2D eigenvalue weighted by atomic mass is 79.9. The summed E-state index contributed by atoms with van der Waals surface area (Å²) in [5.74, 6) is -0.237. The molecule has 0 aromatic carbocycles. The van der Waals surface area contributed by atoms with Gasteiger partial charge in [0.1, 0.15) is 0 Å². The van der Waals surface area contributed by atoms with Crippen molar-refractivity contribution < 1.29 is 14.3 Å². The lowest BCUT2D eigenvalue weighted by molar-refractivity contribution is -0.153. The molecule has 1 aromatic rings. The Morgan fingerprint density at radius 3 is 2.76 bits per heavy atom. The quantitative estimate of drug-likeness (QED) is 0.617. The lowest BCUT2D eigenvalue weighted by Crippen LogP contribution is -2.29. The summed E-state index contributed by atoms with van der Waals surface area (Å²) < 4.78 is 5.92. The summed E-state index contributed by atoms with van der Waals surface area (Å²) in [7, 11) is 0.